The highest BCUT2D eigenvalue weighted by Gasteiger charge is 2.21. The van der Waals surface area contributed by atoms with Gasteiger partial charge >= 0.3 is 0 Å². The largest absolute Gasteiger partial charge is 0.392 e. The first kappa shape index (κ1) is 30.1. The second kappa shape index (κ2) is 14.6. The van der Waals surface area contributed by atoms with Crippen LogP contribution in [0.1, 0.15) is 71.0 Å². The van der Waals surface area contributed by atoms with Crippen LogP contribution >= 0.6 is 0 Å². The quantitative estimate of drug-likeness (QED) is 0.111. The number of unbranched alkanes of at least 4 members (excludes halogenated alkanes) is 1. The van der Waals surface area contributed by atoms with Crippen molar-refractivity contribution in [2.24, 2.45) is 5.11 Å². The number of allylic oxidation sites excluding steroid dienone is 1. The third-order valence-corrected chi connectivity index (χ3v) is 5.71. The van der Waals surface area contributed by atoms with E-state index in [1.165, 1.54) is 12.4 Å². The van der Waals surface area contributed by atoms with Crippen LogP contribution in [0.4, 0.5) is 5.95 Å². The third kappa shape index (κ3) is 9.10. The fourth-order valence-electron chi connectivity index (χ4n) is 3.77. The highest BCUT2D eigenvalue weighted by atomic mass is 16.2. The topological polar surface area (TPSA) is 151 Å². The zero-order valence-electron chi connectivity index (χ0n) is 23.3. The zero-order chi connectivity index (χ0) is 28.1. The summed E-state index contributed by atoms with van der Waals surface area (Å²) in [5, 5.41) is 23.1. The summed E-state index contributed by atoms with van der Waals surface area (Å²) in [4.78, 5) is 21.9. The Hall–Kier alpha value is -4.08. The first-order valence-electron chi connectivity index (χ1n) is 12.9. The lowest BCUT2D eigenvalue weighted by Crippen LogP contribution is -2.34. The van der Waals surface area contributed by atoms with Gasteiger partial charge < -0.3 is 26.7 Å². The van der Waals surface area contributed by atoms with Crippen molar-refractivity contribution < 1.29 is 4.79 Å². The Bertz CT molecular complexity index is 1170. The van der Waals surface area contributed by atoms with E-state index in [4.69, 9.17) is 10.9 Å². The number of aromatic nitrogens is 2. The summed E-state index contributed by atoms with van der Waals surface area (Å²) in [6.07, 6.45) is 9.53. The molecule has 1 amide bonds. The molecule has 38 heavy (non-hydrogen) atoms. The highest BCUT2D eigenvalue weighted by Crippen LogP contribution is 2.29. The maximum Gasteiger partial charge on any atom is 0.273 e. The van der Waals surface area contributed by atoms with Gasteiger partial charge in [0, 0.05) is 43.0 Å². The van der Waals surface area contributed by atoms with Gasteiger partial charge in [-0.2, -0.15) is 5.11 Å². The van der Waals surface area contributed by atoms with Crippen molar-refractivity contribution in [2.75, 3.05) is 12.4 Å². The second-order valence-electron chi connectivity index (χ2n) is 9.89. The Labute approximate surface area is 225 Å². The van der Waals surface area contributed by atoms with E-state index < -0.39 is 0 Å². The second-order valence-corrected chi connectivity index (χ2v) is 9.89. The molecule has 10 heteroatoms. The smallest absolute Gasteiger partial charge is 0.273 e. The number of hydrogen-bond donors (Lipinski definition) is 6. The Morgan fingerprint density at radius 3 is 2.55 bits per heavy atom. The molecule has 1 heterocycles. The summed E-state index contributed by atoms with van der Waals surface area (Å²) >= 11 is 0. The molecule has 0 bridgehead atoms. The summed E-state index contributed by atoms with van der Waals surface area (Å²) in [5.74, 6) is 0.0113. The van der Waals surface area contributed by atoms with Gasteiger partial charge in [-0.05, 0) is 56.9 Å². The average molecular weight is 520 g/mol. The molecule has 0 saturated heterocycles. The number of aryl methyl sites for hydroxylation is 1. The lowest BCUT2D eigenvalue weighted by atomic mass is 9.92. The monoisotopic (exact) mass is 519 g/mol. The van der Waals surface area contributed by atoms with Crippen molar-refractivity contribution in [3.05, 3.63) is 65.4 Å². The first-order valence-corrected chi connectivity index (χ1v) is 12.9. The number of hydrogen-bond acceptors (Lipinski definition) is 9. The minimum Gasteiger partial charge on any atom is -0.392 e. The molecule has 1 atom stereocenters. The van der Waals surface area contributed by atoms with Gasteiger partial charge in [-0.3, -0.25) is 4.79 Å². The van der Waals surface area contributed by atoms with Crippen LogP contribution in [0.3, 0.4) is 0 Å². The summed E-state index contributed by atoms with van der Waals surface area (Å²) in [6.45, 7) is 10.1. The number of carbonyl (C=O) groups excluding carboxylic acids is 1. The summed E-state index contributed by atoms with van der Waals surface area (Å²) < 4.78 is 0. The van der Waals surface area contributed by atoms with E-state index >= 15 is 0 Å². The molecule has 10 nitrogen and oxygen atoms in total. The van der Waals surface area contributed by atoms with Crippen LogP contribution < -0.4 is 21.3 Å². The molecular weight excluding hydrogens is 478 g/mol. The SMILES string of the molecule is CCCCC(NC(=O)/C(=C/NC(C)(C)C)N=N)c1ccc(-c2ccnc(N/C(C=N)=C/NC)n2)cc1CC. The Balaban J connectivity index is 2.37. The molecule has 6 N–H and O–H groups in total. The number of rotatable bonds is 14. The molecule has 1 aromatic carbocycles. The van der Waals surface area contributed by atoms with Crippen LogP contribution in [-0.4, -0.2) is 34.7 Å². The summed E-state index contributed by atoms with van der Waals surface area (Å²) in [6, 6.07) is 7.77. The van der Waals surface area contributed by atoms with Gasteiger partial charge in [0.15, 0.2) is 5.70 Å². The fraction of sp³-hybridized carbons (Fsp3) is 0.429. The van der Waals surface area contributed by atoms with Crippen molar-refractivity contribution in [2.45, 2.75) is 71.9 Å². The predicted molar refractivity (Wildman–Crippen MR) is 153 cm³/mol. The molecule has 1 aromatic heterocycles. The van der Waals surface area contributed by atoms with Crippen LogP contribution in [0.5, 0.6) is 0 Å². The molecule has 0 saturated carbocycles. The van der Waals surface area contributed by atoms with Gasteiger partial charge in [0.1, 0.15) is 0 Å². The lowest BCUT2D eigenvalue weighted by Gasteiger charge is -2.23. The van der Waals surface area contributed by atoms with Gasteiger partial charge in [0.2, 0.25) is 5.95 Å². The average Bonchev–Trinajstić information content (AvgIpc) is 2.90. The summed E-state index contributed by atoms with van der Waals surface area (Å²) in [5.41, 5.74) is 11.7. The van der Waals surface area contributed by atoms with Gasteiger partial charge in [-0.25, -0.2) is 15.5 Å². The molecule has 2 aromatic rings. The lowest BCUT2D eigenvalue weighted by molar-refractivity contribution is -0.118. The van der Waals surface area contributed by atoms with Gasteiger partial charge in [-0.15, -0.1) is 0 Å². The normalized spacial score (nSPS) is 12.9. The van der Waals surface area contributed by atoms with Crippen molar-refractivity contribution >= 4 is 18.1 Å². The van der Waals surface area contributed by atoms with Gasteiger partial charge in [0.25, 0.3) is 5.91 Å². The predicted octanol–water partition coefficient (Wildman–Crippen LogP) is 5.44. The minimum absolute atomic E-state index is 0.0359. The van der Waals surface area contributed by atoms with E-state index in [2.05, 4.69) is 56.3 Å². The van der Waals surface area contributed by atoms with E-state index in [0.717, 1.165) is 48.1 Å². The van der Waals surface area contributed by atoms with E-state index in [0.29, 0.717) is 11.6 Å². The molecule has 0 aliphatic rings. The van der Waals surface area contributed by atoms with Crippen molar-refractivity contribution in [1.82, 2.24) is 25.9 Å². The number of benzene rings is 1. The van der Waals surface area contributed by atoms with E-state index in [1.807, 2.05) is 39.0 Å². The molecule has 204 valence electrons. The van der Waals surface area contributed by atoms with Crippen LogP contribution in [0, 0.1) is 10.9 Å². The van der Waals surface area contributed by atoms with Crippen molar-refractivity contribution in [1.29, 1.82) is 10.9 Å². The van der Waals surface area contributed by atoms with E-state index in [1.54, 1.807) is 19.4 Å². The number of anilines is 1. The molecule has 0 fully saturated rings. The number of carbonyl (C=O) groups is 1. The molecule has 1 unspecified atom stereocenters. The van der Waals surface area contributed by atoms with Crippen LogP contribution in [0.15, 0.2) is 59.4 Å². The molecule has 2 rings (SSSR count). The van der Waals surface area contributed by atoms with Gasteiger partial charge in [-0.1, -0.05) is 38.8 Å². The van der Waals surface area contributed by atoms with Crippen LogP contribution in [0.25, 0.3) is 11.3 Å². The van der Waals surface area contributed by atoms with Crippen LogP contribution in [-0.2, 0) is 11.2 Å². The number of nitrogens with one attached hydrogen (secondary N) is 6. The van der Waals surface area contributed by atoms with Gasteiger partial charge in [0.05, 0.1) is 17.4 Å². The zero-order valence-corrected chi connectivity index (χ0v) is 23.3. The van der Waals surface area contributed by atoms with Crippen molar-refractivity contribution in [3.8, 4) is 11.3 Å². The van der Waals surface area contributed by atoms with E-state index in [9.17, 15) is 4.79 Å². The Morgan fingerprint density at radius 2 is 1.95 bits per heavy atom. The molecule has 0 spiro atoms. The number of amides is 1. The highest BCUT2D eigenvalue weighted by molar-refractivity contribution is 5.93. The fourth-order valence-corrected chi connectivity index (χ4v) is 3.77. The minimum atomic E-state index is -0.382. The maximum absolute atomic E-state index is 13.0. The first-order chi connectivity index (χ1) is 18.1. The Morgan fingerprint density at radius 1 is 1.18 bits per heavy atom. The van der Waals surface area contributed by atoms with Crippen molar-refractivity contribution in [3.63, 3.8) is 0 Å². The molecule has 0 radical (unpaired) electrons. The maximum atomic E-state index is 13.0. The standard InChI is InChI=1S/C28H41N9O/c1-7-9-10-24(35-26(38)25(37-30)18-33-28(3,4)5)22-12-11-20(15-19(22)8-2)23-13-14-32-27(36-23)34-21(16-29)17-31-6/h11-18,24,29-31,33H,7-10H2,1-6H3,(H,35,38)(H,32,34,36)/b21-17+,25-18-,29-16?,37-30?. The Kier molecular flexibility index (Phi) is 11.6. The van der Waals surface area contributed by atoms with E-state index in [-0.39, 0.29) is 23.2 Å². The number of nitrogens with zero attached hydrogens (tertiary/aromatic N) is 3. The summed E-state index contributed by atoms with van der Waals surface area (Å²) in [7, 11) is 1.76. The molecule has 0 aliphatic heterocycles. The van der Waals surface area contributed by atoms with Crippen LogP contribution in [0.2, 0.25) is 0 Å². The molecule has 0 aliphatic carbocycles. The third-order valence-electron chi connectivity index (χ3n) is 5.71. The molecular formula is C28H41N9O.